The minimum Gasteiger partial charge on any atom is -0.491 e. The van der Waals surface area contributed by atoms with Gasteiger partial charge in [-0.05, 0) is 49.2 Å². The number of rotatable bonds is 10. The Hall–Kier alpha value is -3.23. The predicted molar refractivity (Wildman–Crippen MR) is 111 cm³/mol. The molecule has 8 nitrogen and oxygen atoms in total. The van der Waals surface area contributed by atoms with Gasteiger partial charge in [-0.3, -0.25) is 14.4 Å². The van der Waals surface area contributed by atoms with Gasteiger partial charge in [-0.2, -0.15) is 0 Å². The summed E-state index contributed by atoms with van der Waals surface area (Å²) in [5, 5.41) is 22.8. The minimum atomic E-state index is -1.46. The first-order chi connectivity index (χ1) is 14.3. The molecule has 30 heavy (non-hydrogen) atoms. The lowest BCUT2D eigenvalue weighted by Crippen LogP contribution is -2.53. The molecule has 0 heterocycles. The highest BCUT2D eigenvalue weighted by molar-refractivity contribution is 6.10. The molecular formula is C22H26N2O6. The highest BCUT2D eigenvalue weighted by Crippen LogP contribution is 2.23. The number of aliphatic hydroxyl groups excluding tert-OH is 2. The largest absolute Gasteiger partial charge is 0.491 e. The van der Waals surface area contributed by atoms with Crippen molar-refractivity contribution in [3.8, 4) is 16.9 Å². The zero-order valence-corrected chi connectivity index (χ0v) is 16.9. The SMILES string of the molecule is CC(C)NC(=O)C(NC(=O)c1ccc(-c2ccc(OCCO)cc2)cc1)C(=O)CO. The third-order valence-corrected chi connectivity index (χ3v) is 4.14. The van der Waals surface area contributed by atoms with Crippen molar-refractivity contribution in [2.75, 3.05) is 19.8 Å². The average molecular weight is 414 g/mol. The van der Waals surface area contributed by atoms with Crippen LogP contribution in [-0.4, -0.2) is 59.7 Å². The van der Waals surface area contributed by atoms with E-state index in [1.807, 2.05) is 12.1 Å². The van der Waals surface area contributed by atoms with Crippen LogP contribution < -0.4 is 15.4 Å². The summed E-state index contributed by atoms with van der Waals surface area (Å²) >= 11 is 0. The molecule has 0 saturated carbocycles. The Kier molecular flexibility index (Phi) is 8.52. The van der Waals surface area contributed by atoms with Gasteiger partial charge < -0.3 is 25.6 Å². The molecule has 0 aliphatic rings. The summed E-state index contributed by atoms with van der Waals surface area (Å²) in [6.07, 6.45) is 0. The third kappa shape index (κ3) is 6.40. The van der Waals surface area contributed by atoms with Crippen LogP contribution >= 0.6 is 0 Å². The van der Waals surface area contributed by atoms with Crippen molar-refractivity contribution >= 4 is 17.6 Å². The van der Waals surface area contributed by atoms with E-state index in [1.165, 1.54) is 0 Å². The lowest BCUT2D eigenvalue weighted by molar-refractivity contribution is -0.132. The van der Waals surface area contributed by atoms with Crippen molar-refractivity contribution in [1.29, 1.82) is 0 Å². The quantitative estimate of drug-likeness (QED) is 0.428. The number of hydrogen-bond acceptors (Lipinski definition) is 6. The summed E-state index contributed by atoms with van der Waals surface area (Å²) in [7, 11) is 0. The Balaban J connectivity index is 2.09. The van der Waals surface area contributed by atoms with E-state index >= 15 is 0 Å². The van der Waals surface area contributed by atoms with Gasteiger partial charge >= 0.3 is 0 Å². The monoisotopic (exact) mass is 414 g/mol. The molecule has 0 saturated heterocycles. The van der Waals surface area contributed by atoms with Crippen LogP contribution in [0.5, 0.6) is 5.75 Å². The molecule has 1 atom stereocenters. The van der Waals surface area contributed by atoms with Crippen LogP contribution in [0, 0.1) is 0 Å². The van der Waals surface area contributed by atoms with Gasteiger partial charge in [-0.25, -0.2) is 0 Å². The molecule has 0 fully saturated rings. The Morgan fingerprint density at radius 3 is 1.97 bits per heavy atom. The molecule has 2 aromatic carbocycles. The molecular weight excluding hydrogens is 388 g/mol. The van der Waals surface area contributed by atoms with Crippen LogP contribution in [0.3, 0.4) is 0 Å². The van der Waals surface area contributed by atoms with Crippen LogP contribution in [0.2, 0.25) is 0 Å². The second-order valence-electron chi connectivity index (χ2n) is 6.87. The number of nitrogens with one attached hydrogen (secondary N) is 2. The minimum absolute atomic E-state index is 0.0604. The Labute approximate surface area is 174 Å². The van der Waals surface area contributed by atoms with Crippen LogP contribution in [0.25, 0.3) is 11.1 Å². The first-order valence-electron chi connectivity index (χ1n) is 9.54. The summed E-state index contributed by atoms with van der Waals surface area (Å²) in [6, 6.07) is 12.3. The second-order valence-corrected chi connectivity index (χ2v) is 6.87. The van der Waals surface area contributed by atoms with Crippen molar-refractivity contribution in [1.82, 2.24) is 10.6 Å². The second kappa shape index (κ2) is 11.1. The maximum atomic E-state index is 12.5. The Morgan fingerprint density at radius 1 is 0.900 bits per heavy atom. The summed E-state index contributed by atoms with van der Waals surface area (Å²) in [5.74, 6) is -1.41. The molecule has 4 N–H and O–H groups in total. The molecule has 8 heteroatoms. The van der Waals surface area contributed by atoms with E-state index in [0.717, 1.165) is 11.1 Å². The Morgan fingerprint density at radius 2 is 1.47 bits per heavy atom. The van der Waals surface area contributed by atoms with E-state index in [1.54, 1.807) is 50.2 Å². The van der Waals surface area contributed by atoms with Crippen LogP contribution in [0.4, 0.5) is 0 Å². The van der Waals surface area contributed by atoms with Crippen molar-refractivity contribution in [3.63, 3.8) is 0 Å². The van der Waals surface area contributed by atoms with E-state index in [2.05, 4.69) is 10.6 Å². The van der Waals surface area contributed by atoms with Gasteiger partial charge in [0.25, 0.3) is 11.8 Å². The van der Waals surface area contributed by atoms with Crippen molar-refractivity contribution in [3.05, 3.63) is 54.1 Å². The van der Waals surface area contributed by atoms with Crippen LogP contribution in [0.1, 0.15) is 24.2 Å². The number of ketones is 1. The molecule has 2 aromatic rings. The zero-order valence-electron chi connectivity index (χ0n) is 16.9. The highest BCUT2D eigenvalue weighted by atomic mass is 16.5. The number of carbonyl (C=O) groups excluding carboxylic acids is 3. The smallest absolute Gasteiger partial charge is 0.252 e. The molecule has 160 valence electrons. The van der Waals surface area contributed by atoms with Gasteiger partial charge in [0, 0.05) is 11.6 Å². The normalized spacial score (nSPS) is 11.6. The molecule has 0 aromatic heterocycles. The molecule has 0 bridgehead atoms. The van der Waals surface area contributed by atoms with E-state index in [-0.39, 0.29) is 24.8 Å². The standard InChI is InChI=1S/C22H26N2O6/c1-14(2)23-22(29)20(19(27)13-26)24-21(28)17-5-3-15(4-6-17)16-7-9-18(10-8-16)30-12-11-25/h3-10,14,20,25-26H,11-13H2,1-2H3,(H,23,29)(H,24,28). The van der Waals surface area contributed by atoms with Crippen LogP contribution in [0.15, 0.2) is 48.5 Å². The van der Waals surface area contributed by atoms with Crippen molar-refractivity contribution < 1.29 is 29.3 Å². The molecule has 1 unspecified atom stereocenters. The summed E-state index contributed by atoms with van der Waals surface area (Å²) in [5.41, 5.74) is 2.04. The molecule has 0 aliphatic carbocycles. The van der Waals surface area contributed by atoms with E-state index in [0.29, 0.717) is 5.75 Å². The highest BCUT2D eigenvalue weighted by Gasteiger charge is 2.28. The van der Waals surface area contributed by atoms with Crippen molar-refractivity contribution in [2.24, 2.45) is 0 Å². The number of Topliss-reactive ketones (excluding diaryl/α,β-unsaturated/α-hetero) is 1. The maximum absolute atomic E-state index is 12.5. The number of benzene rings is 2. The van der Waals surface area contributed by atoms with Crippen molar-refractivity contribution in [2.45, 2.75) is 25.9 Å². The van der Waals surface area contributed by atoms with Gasteiger partial charge in [0.05, 0.1) is 6.61 Å². The number of ether oxygens (including phenoxy) is 1. The van der Waals surface area contributed by atoms with Gasteiger partial charge in [0.2, 0.25) is 0 Å². The average Bonchev–Trinajstić information content (AvgIpc) is 2.75. The summed E-state index contributed by atoms with van der Waals surface area (Å²) in [4.78, 5) is 36.6. The van der Waals surface area contributed by atoms with Gasteiger partial charge in [0.15, 0.2) is 11.8 Å². The molecule has 2 rings (SSSR count). The Bertz CT molecular complexity index is 862. The molecule has 0 aliphatic heterocycles. The van der Waals surface area contributed by atoms with E-state index in [9.17, 15) is 14.4 Å². The summed E-state index contributed by atoms with van der Waals surface area (Å²) < 4.78 is 5.32. The predicted octanol–water partition coefficient (Wildman–Crippen LogP) is 0.909. The van der Waals surface area contributed by atoms with Gasteiger partial charge in [-0.15, -0.1) is 0 Å². The lowest BCUT2D eigenvalue weighted by Gasteiger charge is -2.18. The summed E-state index contributed by atoms with van der Waals surface area (Å²) in [6.45, 7) is 2.76. The zero-order chi connectivity index (χ0) is 22.1. The fourth-order valence-electron chi connectivity index (χ4n) is 2.69. The van der Waals surface area contributed by atoms with Crippen LogP contribution in [-0.2, 0) is 9.59 Å². The van der Waals surface area contributed by atoms with E-state index in [4.69, 9.17) is 14.9 Å². The van der Waals surface area contributed by atoms with E-state index < -0.39 is 30.2 Å². The fraction of sp³-hybridized carbons (Fsp3) is 0.318. The number of hydrogen-bond donors (Lipinski definition) is 4. The molecule has 0 radical (unpaired) electrons. The first-order valence-corrected chi connectivity index (χ1v) is 9.54. The number of amides is 2. The third-order valence-electron chi connectivity index (χ3n) is 4.14. The number of carbonyl (C=O) groups is 3. The molecule has 0 spiro atoms. The van der Waals surface area contributed by atoms with Gasteiger partial charge in [0.1, 0.15) is 19.0 Å². The fourth-order valence-corrected chi connectivity index (χ4v) is 2.69. The van der Waals surface area contributed by atoms with Gasteiger partial charge in [-0.1, -0.05) is 24.3 Å². The number of aliphatic hydroxyl groups is 2. The first kappa shape index (κ1) is 23.1. The topological polar surface area (TPSA) is 125 Å². The lowest BCUT2D eigenvalue weighted by atomic mass is 10.0. The maximum Gasteiger partial charge on any atom is 0.252 e. The molecule has 2 amide bonds.